The molecular formula is C14H12BrN3O3. The smallest absolute Gasteiger partial charge is 0.276 e. The molecule has 1 heterocycles. The molecule has 1 saturated carbocycles. The molecule has 21 heavy (non-hydrogen) atoms. The minimum atomic E-state index is -0.423. The van der Waals surface area contributed by atoms with E-state index < -0.39 is 4.92 Å². The molecule has 108 valence electrons. The number of ether oxygens (including phenoxy) is 1. The minimum Gasteiger partial charge on any atom is -0.438 e. The molecule has 6 nitrogen and oxygen atoms in total. The lowest BCUT2D eigenvalue weighted by molar-refractivity contribution is -0.385. The molecule has 0 radical (unpaired) electrons. The third-order valence-electron chi connectivity index (χ3n) is 3.30. The van der Waals surface area contributed by atoms with Gasteiger partial charge in [0.05, 0.1) is 10.5 Å². The first kappa shape index (κ1) is 13.9. The van der Waals surface area contributed by atoms with E-state index in [1.165, 1.54) is 6.07 Å². The largest absolute Gasteiger partial charge is 0.438 e. The van der Waals surface area contributed by atoms with Crippen LogP contribution in [0.15, 0.2) is 28.9 Å². The highest BCUT2D eigenvalue weighted by atomic mass is 79.9. The minimum absolute atomic E-state index is 0.0306. The number of rotatable bonds is 4. The second-order valence-electron chi connectivity index (χ2n) is 4.92. The molecule has 7 heteroatoms. The highest BCUT2D eigenvalue weighted by Crippen LogP contribution is 2.39. The zero-order valence-corrected chi connectivity index (χ0v) is 12.8. The predicted octanol–water partition coefficient (Wildman–Crippen LogP) is 4.13. The Hall–Kier alpha value is -2.02. The van der Waals surface area contributed by atoms with Gasteiger partial charge in [0.15, 0.2) is 0 Å². The Morgan fingerprint density at radius 1 is 1.38 bits per heavy atom. The van der Waals surface area contributed by atoms with Crippen LogP contribution in [0.2, 0.25) is 0 Å². The van der Waals surface area contributed by atoms with Gasteiger partial charge >= 0.3 is 0 Å². The maximum Gasteiger partial charge on any atom is 0.276 e. The van der Waals surface area contributed by atoms with Gasteiger partial charge in [-0.05, 0) is 41.8 Å². The topological polar surface area (TPSA) is 78.2 Å². The highest BCUT2D eigenvalue weighted by Gasteiger charge is 2.27. The Balaban J connectivity index is 1.93. The van der Waals surface area contributed by atoms with Crippen LogP contribution in [0.1, 0.15) is 30.1 Å². The molecule has 0 unspecified atom stereocenters. The molecule has 0 atom stereocenters. The van der Waals surface area contributed by atoms with Gasteiger partial charge in [0, 0.05) is 18.1 Å². The molecule has 0 aliphatic heterocycles. The van der Waals surface area contributed by atoms with Crippen LogP contribution >= 0.6 is 15.9 Å². The Morgan fingerprint density at radius 2 is 2.14 bits per heavy atom. The summed E-state index contributed by atoms with van der Waals surface area (Å²) in [6.07, 6.45) is 2.18. The normalized spacial score (nSPS) is 14.0. The fourth-order valence-electron chi connectivity index (χ4n) is 2.01. The van der Waals surface area contributed by atoms with Gasteiger partial charge in [-0.25, -0.2) is 4.98 Å². The summed E-state index contributed by atoms with van der Waals surface area (Å²) in [5, 5.41) is 10.9. The number of benzene rings is 1. The van der Waals surface area contributed by atoms with E-state index in [2.05, 4.69) is 25.9 Å². The van der Waals surface area contributed by atoms with Crippen molar-refractivity contribution < 1.29 is 9.66 Å². The molecule has 3 rings (SSSR count). The lowest BCUT2D eigenvalue weighted by Crippen LogP contribution is -1.99. The van der Waals surface area contributed by atoms with Crippen molar-refractivity contribution in [3.63, 3.8) is 0 Å². The first-order chi connectivity index (χ1) is 10.0. The van der Waals surface area contributed by atoms with Crippen LogP contribution in [0, 0.1) is 17.0 Å². The molecule has 1 aliphatic carbocycles. The third kappa shape index (κ3) is 3.02. The molecule has 0 bridgehead atoms. The lowest BCUT2D eigenvalue weighted by Gasteiger charge is -2.09. The second kappa shape index (κ2) is 5.40. The standard InChI is InChI=1S/C14H12BrN3O3/c1-8-10(18(19)20)3-2-4-11(8)21-13-7-12(15)16-14(17-13)9-5-6-9/h2-4,7,9H,5-6H2,1H3. The molecule has 2 aromatic rings. The van der Waals surface area contributed by atoms with Gasteiger partial charge in [0.2, 0.25) is 5.88 Å². The number of hydrogen-bond donors (Lipinski definition) is 0. The van der Waals surface area contributed by atoms with E-state index in [0.717, 1.165) is 18.7 Å². The van der Waals surface area contributed by atoms with E-state index in [4.69, 9.17) is 4.74 Å². The van der Waals surface area contributed by atoms with E-state index in [9.17, 15) is 10.1 Å². The average molecular weight is 350 g/mol. The first-order valence-electron chi connectivity index (χ1n) is 6.51. The number of aromatic nitrogens is 2. The second-order valence-corrected chi connectivity index (χ2v) is 5.73. The fraction of sp³-hybridized carbons (Fsp3) is 0.286. The highest BCUT2D eigenvalue weighted by molar-refractivity contribution is 9.10. The van der Waals surface area contributed by atoms with Crippen LogP contribution in [0.25, 0.3) is 0 Å². The maximum atomic E-state index is 10.9. The van der Waals surface area contributed by atoms with E-state index >= 15 is 0 Å². The van der Waals surface area contributed by atoms with Gasteiger partial charge in [0.25, 0.3) is 5.69 Å². The molecule has 0 amide bonds. The van der Waals surface area contributed by atoms with Crippen LogP contribution < -0.4 is 4.74 Å². The number of nitro groups is 1. The number of hydrogen-bond acceptors (Lipinski definition) is 5. The van der Waals surface area contributed by atoms with Gasteiger partial charge in [-0.3, -0.25) is 10.1 Å². The van der Waals surface area contributed by atoms with Crippen LogP contribution in [-0.2, 0) is 0 Å². The van der Waals surface area contributed by atoms with Crippen molar-refractivity contribution in [1.82, 2.24) is 9.97 Å². The maximum absolute atomic E-state index is 10.9. The van der Waals surface area contributed by atoms with E-state index in [-0.39, 0.29) is 5.69 Å². The Labute approximate surface area is 129 Å². The van der Waals surface area contributed by atoms with Crippen LogP contribution in [0.3, 0.4) is 0 Å². The summed E-state index contributed by atoms with van der Waals surface area (Å²) in [4.78, 5) is 19.2. The Kier molecular flexibility index (Phi) is 3.59. The fourth-order valence-corrected chi connectivity index (χ4v) is 2.39. The molecule has 1 aromatic heterocycles. The summed E-state index contributed by atoms with van der Waals surface area (Å²) < 4.78 is 6.36. The van der Waals surface area contributed by atoms with E-state index in [1.807, 2.05) is 0 Å². The van der Waals surface area contributed by atoms with Gasteiger partial charge < -0.3 is 4.74 Å². The molecule has 0 saturated heterocycles. The number of halogens is 1. The summed E-state index contributed by atoms with van der Waals surface area (Å²) in [7, 11) is 0. The van der Waals surface area contributed by atoms with Crippen molar-refractivity contribution in [2.24, 2.45) is 0 Å². The SMILES string of the molecule is Cc1c(Oc2cc(Br)nc(C3CC3)n2)cccc1[N+](=O)[O-]. The molecule has 0 spiro atoms. The predicted molar refractivity (Wildman–Crippen MR) is 79.6 cm³/mol. The van der Waals surface area contributed by atoms with E-state index in [0.29, 0.717) is 27.7 Å². The third-order valence-corrected chi connectivity index (χ3v) is 3.70. The Morgan fingerprint density at radius 3 is 2.81 bits per heavy atom. The molecule has 1 aromatic carbocycles. The van der Waals surface area contributed by atoms with Crippen molar-refractivity contribution in [1.29, 1.82) is 0 Å². The van der Waals surface area contributed by atoms with Crippen LogP contribution in [0.4, 0.5) is 5.69 Å². The summed E-state index contributed by atoms with van der Waals surface area (Å²) >= 11 is 3.34. The molecular weight excluding hydrogens is 338 g/mol. The lowest BCUT2D eigenvalue weighted by atomic mass is 10.2. The van der Waals surface area contributed by atoms with E-state index in [1.54, 1.807) is 25.1 Å². The van der Waals surface area contributed by atoms with Gasteiger partial charge in [-0.2, -0.15) is 4.98 Å². The monoisotopic (exact) mass is 349 g/mol. The quantitative estimate of drug-likeness (QED) is 0.471. The molecule has 1 fully saturated rings. The number of nitrogens with zero attached hydrogens (tertiary/aromatic N) is 3. The zero-order valence-electron chi connectivity index (χ0n) is 11.2. The van der Waals surface area contributed by atoms with Crippen molar-refractivity contribution in [3.05, 3.63) is 50.4 Å². The van der Waals surface area contributed by atoms with Gasteiger partial charge in [0.1, 0.15) is 16.2 Å². The zero-order chi connectivity index (χ0) is 15.0. The van der Waals surface area contributed by atoms with Crippen molar-refractivity contribution in [2.45, 2.75) is 25.7 Å². The van der Waals surface area contributed by atoms with Crippen molar-refractivity contribution >= 4 is 21.6 Å². The van der Waals surface area contributed by atoms with Crippen LogP contribution in [-0.4, -0.2) is 14.9 Å². The first-order valence-corrected chi connectivity index (χ1v) is 7.30. The summed E-state index contributed by atoms with van der Waals surface area (Å²) in [5.74, 6) is 1.97. The molecule has 0 N–H and O–H groups in total. The summed E-state index contributed by atoms with van der Waals surface area (Å²) in [6, 6.07) is 6.39. The van der Waals surface area contributed by atoms with Crippen LogP contribution in [0.5, 0.6) is 11.6 Å². The van der Waals surface area contributed by atoms with Gasteiger partial charge in [-0.1, -0.05) is 6.07 Å². The van der Waals surface area contributed by atoms with Gasteiger partial charge in [-0.15, -0.1) is 0 Å². The average Bonchev–Trinajstić information content (AvgIpc) is 3.24. The van der Waals surface area contributed by atoms with Crippen molar-refractivity contribution in [2.75, 3.05) is 0 Å². The summed E-state index contributed by atoms with van der Waals surface area (Å²) in [5.41, 5.74) is 0.508. The van der Waals surface area contributed by atoms with Crippen molar-refractivity contribution in [3.8, 4) is 11.6 Å². The summed E-state index contributed by atoms with van der Waals surface area (Å²) in [6.45, 7) is 1.66. The Bertz CT molecular complexity index is 717. The number of nitro benzene ring substituents is 1. The molecule has 1 aliphatic rings.